The van der Waals surface area contributed by atoms with Crippen molar-refractivity contribution in [2.75, 3.05) is 45.9 Å². The van der Waals surface area contributed by atoms with Crippen LogP contribution < -0.4 is 5.32 Å². The Morgan fingerprint density at radius 3 is 2.68 bits per heavy atom. The van der Waals surface area contributed by atoms with Gasteiger partial charge in [0.05, 0.1) is 19.3 Å². The van der Waals surface area contributed by atoms with Crippen LogP contribution in [0.2, 0.25) is 0 Å². The van der Waals surface area contributed by atoms with Gasteiger partial charge in [0.15, 0.2) is 0 Å². The van der Waals surface area contributed by atoms with Gasteiger partial charge in [-0.25, -0.2) is 0 Å². The molecule has 3 aliphatic heterocycles. The molecule has 2 atom stereocenters. The number of carbonyl (C=O) groups excluding carboxylic acids is 1. The number of carbonyl (C=O) groups is 1. The summed E-state index contributed by atoms with van der Waals surface area (Å²) in [5.41, 5.74) is 0. The molecule has 0 aromatic carbocycles. The predicted molar refractivity (Wildman–Crippen MR) is 73.0 cm³/mol. The van der Waals surface area contributed by atoms with Gasteiger partial charge in [0.25, 0.3) is 0 Å². The highest BCUT2D eigenvalue weighted by Gasteiger charge is 2.34. The van der Waals surface area contributed by atoms with Crippen molar-refractivity contribution in [2.45, 2.75) is 37.8 Å². The molecule has 19 heavy (non-hydrogen) atoms. The number of hydrogen-bond donors (Lipinski definition) is 1. The molecule has 0 spiro atoms. The Balaban J connectivity index is 1.51. The fraction of sp³-hybridized carbons (Fsp3) is 0.929. The summed E-state index contributed by atoms with van der Waals surface area (Å²) in [5, 5.41) is 3.37. The van der Waals surface area contributed by atoms with Gasteiger partial charge in [-0.15, -0.1) is 0 Å². The SMILES string of the molecule is O=C([C@H]1CCCCN1)N1CCC(N2CCOCC2)C1. The lowest BCUT2D eigenvalue weighted by molar-refractivity contribution is -0.133. The third-order valence-corrected chi connectivity index (χ3v) is 4.65. The van der Waals surface area contributed by atoms with E-state index in [-0.39, 0.29) is 6.04 Å². The van der Waals surface area contributed by atoms with E-state index in [1.165, 1.54) is 12.8 Å². The lowest BCUT2D eigenvalue weighted by Crippen LogP contribution is -2.49. The highest BCUT2D eigenvalue weighted by molar-refractivity contribution is 5.82. The zero-order valence-corrected chi connectivity index (χ0v) is 11.6. The Labute approximate surface area is 115 Å². The maximum Gasteiger partial charge on any atom is 0.239 e. The van der Waals surface area contributed by atoms with E-state index >= 15 is 0 Å². The zero-order chi connectivity index (χ0) is 13.1. The van der Waals surface area contributed by atoms with E-state index in [1.807, 2.05) is 0 Å². The smallest absolute Gasteiger partial charge is 0.239 e. The highest BCUT2D eigenvalue weighted by Crippen LogP contribution is 2.19. The molecule has 1 amide bonds. The summed E-state index contributed by atoms with van der Waals surface area (Å²) in [6.45, 7) is 6.57. The fourth-order valence-electron chi connectivity index (χ4n) is 3.47. The molecule has 0 bridgehead atoms. The molecule has 3 fully saturated rings. The van der Waals surface area contributed by atoms with Gasteiger partial charge in [0, 0.05) is 32.2 Å². The van der Waals surface area contributed by atoms with Crippen LogP contribution >= 0.6 is 0 Å². The molecule has 3 aliphatic rings. The van der Waals surface area contributed by atoms with Gasteiger partial charge in [0.2, 0.25) is 5.91 Å². The summed E-state index contributed by atoms with van der Waals surface area (Å²) in [5.74, 6) is 0.329. The van der Waals surface area contributed by atoms with E-state index < -0.39 is 0 Å². The van der Waals surface area contributed by atoms with Crippen molar-refractivity contribution in [3.05, 3.63) is 0 Å². The summed E-state index contributed by atoms with van der Waals surface area (Å²) in [7, 11) is 0. The molecule has 0 aromatic heterocycles. The van der Waals surface area contributed by atoms with Crippen molar-refractivity contribution >= 4 is 5.91 Å². The number of nitrogens with one attached hydrogen (secondary N) is 1. The minimum Gasteiger partial charge on any atom is -0.379 e. The first-order valence-corrected chi connectivity index (χ1v) is 7.68. The topological polar surface area (TPSA) is 44.8 Å². The predicted octanol–water partition coefficient (Wildman–Crippen LogP) is 0.0616. The van der Waals surface area contributed by atoms with Crippen molar-refractivity contribution in [1.29, 1.82) is 0 Å². The maximum absolute atomic E-state index is 12.4. The van der Waals surface area contributed by atoms with E-state index in [0.717, 1.165) is 58.8 Å². The lowest BCUT2D eigenvalue weighted by Gasteiger charge is -2.32. The number of amides is 1. The van der Waals surface area contributed by atoms with Gasteiger partial charge in [-0.3, -0.25) is 9.69 Å². The number of rotatable bonds is 2. The van der Waals surface area contributed by atoms with E-state index in [0.29, 0.717) is 11.9 Å². The highest BCUT2D eigenvalue weighted by atomic mass is 16.5. The second-order valence-electron chi connectivity index (χ2n) is 5.88. The standard InChI is InChI=1S/C14H25N3O2/c18-14(13-3-1-2-5-15-13)17-6-4-12(11-17)16-7-9-19-10-8-16/h12-13,15H,1-11H2/t12?,13-/m1/s1. The number of morpholine rings is 1. The Kier molecular flexibility index (Phi) is 4.35. The minimum atomic E-state index is 0.0807. The molecule has 3 rings (SSSR count). The largest absolute Gasteiger partial charge is 0.379 e. The summed E-state index contributed by atoms with van der Waals surface area (Å²) >= 11 is 0. The van der Waals surface area contributed by atoms with Crippen LogP contribution in [0.5, 0.6) is 0 Å². The van der Waals surface area contributed by atoms with Crippen LogP contribution in [0.15, 0.2) is 0 Å². The van der Waals surface area contributed by atoms with Crippen LogP contribution in [0.4, 0.5) is 0 Å². The van der Waals surface area contributed by atoms with Crippen LogP contribution in [0.3, 0.4) is 0 Å². The fourth-order valence-corrected chi connectivity index (χ4v) is 3.47. The van der Waals surface area contributed by atoms with Gasteiger partial charge >= 0.3 is 0 Å². The van der Waals surface area contributed by atoms with Crippen LogP contribution in [-0.4, -0.2) is 73.7 Å². The molecule has 0 aliphatic carbocycles. The van der Waals surface area contributed by atoms with E-state index in [1.54, 1.807) is 0 Å². The van der Waals surface area contributed by atoms with Gasteiger partial charge in [-0.05, 0) is 25.8 Å². The Bertz CT molecular complexity index is 312. The van der Waals surface area contributed by atoms with E-state index in [9.17, 15) is 4.79 Å². The van der Waals surface area contributed by atoms with Gasteiger partial charge < -0.3 is 15.0 Å². The van der Waals surface area contributed by atoms with E-state index in [2.05, 4.69) is 15.1 Å². The maximum atomic E-state index is 12.4. The molecule has 3 heterocycles. The quantitative estimate of drug-likeness (QED) is 0.768. The van der Waals surface area contributed by atoms with E-state index in [4.69, 9.17) is 4.74 Å². The van der Waals surface area contributed by atoms with Crippen LogP contribution in [0.1, 0.15) is 25.7 Å². The molecule has 0 saturated carbocycles. The molecule has 3 saturated heterocycles. The second kappa shape index (κ2) is 6.20. The monoisotopic (exact) mass is 267 g/mol. The third kappa shape index (κ3) is 3.09. The molecule has 1 N–H and O–H groups in total. The molecular weight excluding hydrogens is 242 g/mol. The number of hydrogen-bond acceptors (Lipinski definition) is 4. The van der Waals surface area contributed by atoms with Crippen LogP contribution in [0, 0.1) is 0 Å². The first-order valence-electron chi connectivity index (χ1n) is 7.68. The Hall–Kier alpha value is -0.650. The van der Waals surface area contributed by atoms with Crippen molar-refractivity contribution in [3.63, 3.8) is 0 Å². The van der Waals surface area contributed by atoms with Gasteiger partial charge in [-0.1, -0.05) is 6.42 Å². The average Bonchev–Trinajstić information content (AvgIpc) is 2.98. The molecule has 5 nitrogen and oxygen atoms in total. The minimum absolute atomic E-state index is 0.0807. The number of ether oxygens (including phenoxy) is 1. The summed E-state index contributed by atoms with van der Waals surface area (Å²) in [6.07, 6.45) is 4.53. The van der Waals surface area contributed by atoms with Crippen molar-refractivity contribution in [2.24, 2.45) is 0 Å². The van der Waals surface area contributed by atoms with Crippen LogP contribution in [-0.2, 0) is 9.53 Å². The summed E-state index contributed by atoms with van der Waals surface area (Å²) < 4.78 is 5.40. The van der Waals surface area contributed by atoms with Crippen LogP contribution in [0.25, 0.3) is 0 Å². The second-order valence-corrected chi connectivity index (χ2v) is 5.88. The summed E-state index contributed by atoms with van der Waals surface area (Å²) in [6, 6.07) is 0.633. The van der Waals surface area contributed by atoms with Crippen molar-refractivity contribution < 1.29 is 9.53 Å². The van der Waals surface area contributed by atoms with Gasteiger partial charge in [-0.2, -0.15) is 0 Å². The summed E-state index contributed by atoms with van der Waals surface area (Å²) in [4.78, 5) is 17.0. The van der Waals surface area contributed by atoms with Crippen molar-refractivity contribution in [1.82, 2.24) is 15.1 Å². The first-order chi connectivity index (χ1) is 9.34. The van der Waals surface area contributed by atoms with Crippen molar-refractivity contribution in [3.8, 4) is 0 Å². The number of piperidine rings is 1. The number of likely N-dealkylation sites (tertiary alicyclic amines) is 1. The molecule has 1 unspecified atom stereocenters. The molecule has 108 valence electrons. The molecule has 5 heteroatoms. The van der Waals surface area contributed by atoms with Gasteiger partial charge in [0.1, 0.15) is 0 Å². The number of nitrogens with zero attached hydrogens (tertiary/aromatic N) is 2. The lowest BCUT2D eigenvalue weighted by atomic mass is 10.0. The molecular formula is C14H25N3O2. The average molecular weight is 267 g/mol. The zero-order valence-electron chi connectivity index (χ0n) is 11.6. The Morgan fingerprint density at radius 2 is 1.95 bits per heavy atom. The molecule has 0 aromatic rings. The normalized spacial score (nSPS) is 33.6. The Morgan fingerprint density at radius 1 is 1.11 bits per heavy atom. The molecule has 0 radical (unpaired) electrons. The first kappa shape index (κ1) is 13.3. The third-order valence-electron chi connectivity index (χ3n) is 4.65.